The molecule has 1 saturated carbocycles. The lowest BCUT2D eigenvalue weighted by Gasteiger charge is -2.23. The molecule has 1 amide bonds. The number of amides is 1. The lowest BCUT2D eigenvalue weighted by molar-refractivity contribution is 0.0945. The zero-order valence-electron chi connectivity index (χ0n) is 15.7. The van der Waals surface area contributed by atoms with E-state index in [1.165, 1.54) is 19.3 Å². The minimum absolute atomic E-state index is 0.258. The molecule has 4 rings (SSSR count). The Kier molecular flexibility index (Phi) is 5.42. The second-order valence-electron chi connectivity index (χ2n) is 7.31. The first-order valence-electron chi connectivity index (χ1n) is 9.85. The highest BCUT2D eigenvalue weighted by Gasteiger charge is 2.15. The van der Waals surface area contributed by atoms with Crippen molar-refractivity contribution < 1.29 is 9.53 Å². The van der Waals surface area contributed by atoms with Gasteiger partial charge in [-0.25, -0.2) is 0 Å². The third kappa shape index (κ3) is 4.25. The monoisotopic (exact) mass is 376 g/mol. The normalized spacial score (nSPS) is 14.7. The third-order valence-corrected chi connectivity index (χ3v) is 5.20. The van der Waals surface area contributed by atoms with Gasteiger partial charge >= 0.3 is 0 Å². The van der Waals surface area contributed by atoms with Crippen molar-refractivity contribution in [3.63, 3.8) is 0 Å². The van der Waals surface area contributed by atoms with Crippen LogP contribution in [0.5, 0.6) is 5.75 Å². The molecule has 0 bridgehead atoms. The molecule has 3 aromatic rings. The summed E-state index contributed by atoms with van der Waals surface area (Å²) in [5, 5.41) is 4.20. The number of carbonyl (C=O) groups excluding carboxylic acids is 1. The Morgan fingerprint density at radius 1 is 1.04 bits per heavy atom. The fraction of sp³-hybridized carbons (Fsp3) is 0.304. The Morgan fingerprint density at radius 2 is 1.86 bits per heavy atom. The van der Waals surface area contributed by atoms with Crippen molar-refractivity contribution in [2.45, 2.75) is 44.8 Å². The van der Waals surface area contributed by atoms with Crippen LogP contribution < -0.4 is 15.6 Å². The Morgan fingerprint density at radius 3 is 2.71 bits per heavy atom. The molecule has 144 valence electrons. The van der Waals surface area contributed by atoms with E-state index in [0.717, 1.165) is 29.5 Å². The number of fused-ring (bicyclic) bond motifs is 1. The summed E-state index contributed by atoms with van der Waals surface area (Å²) in [5.41, 5.74) is 0.967. The molecule has 1 aromatic heterocycles. The van der Waals surface area contributed by atoms with Gasteiger partial charge in [-0.3, -0.25) is 9.59 Å². The van der Waals surface area contributed by atoms with Gasteiger partial charge in [0, 0.05) is 11.9 Å². The van der Waals surface area contributed by atoms with Gasteiger partial charge in [0.15, 0.2) is 0 Å². The number of nitrogens with one attached hydrogen (secondary N) is 2. The van der Waals surface area contributed by atoms with E-state index in [1.807, 2.05) is 36.4 Å². The van der Waals surface area contributed by atoms with Crippen LogP contribution in [-0.4, -0.2) is 17.0 Å². The second-order valence-corrected chi connectivity index (χ2v) is 7.31. The predicted octanol–water partition coefficient (Wildman–Crippen LogP) is 4.17. The van der Waals surface area contributed by atoms with Crippen molar-refractivity contribution in [2.75, 3.05) is 0 Å². The lowest BCUT2D eigenvalue weighted by atomic mass is 9.98. The second kappa shape index (κ2) is 8.30. The number of aromatic amines is 1. The van der Waals surface area contributed by atoms with Gasteiger partial charge in [-0.05, 0) is 60.9 Å². The quantitative estimate of drug-likeness (QED) is 0.702. The highest BCUT2D eigenvalue weighted by atomic mass is 16.5. The first kappa shape index (κ1) is 18.3. The number of pyridine rings is 1. The summed E-state index contributed by atoms with van der Waals surface area (Å²) < 4.78 is 6.09. The molecule has 2 aromatic carbocycles. The van der Waals surface area contributed by atoms with E-state index in [2.05, 4.69) is 10.3 Å². The van der Waals surface area contributed by atoms with Crippen molar-refractivity contribution in [2.24, 2.45) is 0 Å². The summed E-state index contributed by atoms with van der Waals surface area (Å²) in [6, 6.07) is 16.8. The number of rotatable bonds is 5. The molecule has 0 saturated heterocycles. The van der Waals surface area contributed by atoms with Crippen LogP contribution in [0.3, 0.4) is 0 Å². The van der Waals surface area contributed by atoms with E-state index in [-0.39, 0.29) is 17.2 Å². The van der Waals surface area contributed by atoms with Gasteiger partial charge in [-0.15, -0.1) is 0 Å². The zero-order valence-corrected chi connectivity index (χ0v) is 15.7. The highest BCUT2D eigenvalue weighted by molar-refractivity contribution is 5.96. The van der Waals surface area contributed by atoms with E-state index >= 15 is 0 Å². The van der Waals surface area contributed by atoms with Gasteiger partial charge in [0.25, 0.3) is 11.5 Å². The van der Waals surface area contributed by atoms with E-state index < -0.39 is 0 Å². The van der Waals surface area contributed by atoms with Gasteiger partial charge in [0.2, 0.25) is 0 Å². The molecule has 1 fully saturated rings. The first-order chi connectivity index (χ1) is 13.7. The van der Waals surface area contributed by atoms with Gasteiger partial charge in [0.05, 0.1) is 6.10 Å². The first-order valence-corrected chi connectivity index (χ1v) is 9.85. The molecule has 2 N–H and O–H groups in total. The molecular weight excluding hydrogens is 352 g/mol. The molecule has 1 heterocycles. The summed E-state index contributed by atoms with van der Waals surface area (Å²) >= 11 is 0. The van der Waals surface area contributed by atoms with Crippen LogP contribution in [0.25, 0.3) is 10.8 Å². The van der Waals surface area contributed by atoms with Gasteiger partial charge in [-0.2, -0.15) is 0 Å². The number of H-pyrrole nitrogens is 1. The number of aromatic nitrogens is 1. The van der Waals surface area contributed by atoms with Crippen molar-refractivity contribution in [3.8, 4) is 5.75 Å². The van der Waals surface area contributed by atoms with Crippen LogP contribution in [0, 0.1) is 0 Å². The van der Waals surface area contributed by atoms with Gasteiger partial charge < -0.3 is 15.0 Å². The Hall–Kier alpha value is -3.08. The predicted molar refractivity (Wildman–Crippen MR) is 110 cm³/mol. The third-order valence-electron chi connectivity index (χ3n) is 5.20. The molecule has 0 unspecified atom stereocenters. The summed E-state index contributed by atoms with van der Waals surface area (Å²) in [6.07, 6.45) is 6.26. The van der Waals surface area contributed by atoms with Crippen LogP contribution >= 0.6 is 0 Å². The van der Waals surface area contributed by atoms with Crippen molar-refractivity contribution in [1.82, 2.24) is 10.3 Å². The molecule has 1 aliphatic carbocycles. The summed E-state index contributed by atoms with van der Waals surface area (Å²) in [4.78, 5) is 27.3. The van der Waals surface area contributed by atoms with Crippen LogP contribution in [-0.2, 0) is 6.54 Å². The van der Waals surface area contributed by atoms with E-state index in [9.17, 15) is 9.59 Å². The maximum absolute atomic E-state index is 12.5. The summed E-state index contributed by atoms with van der Waals surface area (Å²) in [5.74, 6) is 0.541. The fourth-order valence-corrected chi connectivity index (χ4v) is 3.71. The topological polar surface area (TPSA) is 71.2 Å². The lowest BCUT2D eigenvalue weighted by Crippen LogP contribution is -2.26. The maximum atomic E-state index is 12.5. The molecule has 0 atom stereocenters. The van der Waals surface area contributed by atoms with Crippen molar-refractivity contribution in [1.29, 1.82) is 0 Å². The van der Waals surface area contributed by atoms with Crippen LogP contribution in [0.4, 0.5) is 0 Å². The van der Waals surface area contributed by atoms with E-state index in [0.29, 0.717) is 18.0 Å². The fourth-order valence-electron chi connectivity index (χ4n) is 3.71. The smallest absolute Gasteiger partial charge is 0.268 e. The number of benzene rings is 2. The van der Waals surface area contributed by atoms with E-state index in [1.54, 1.807) is 18.2 Å². The van der Waals surface area contributed by atoms with Crippen LogP contribution in [0.15, 0.2) is 59.4 Å². The average molecular weight is 376 g/mol. The Labute approximate surface area is 163 Å². The van der Waals surface area contributed by atoms with Crippen molar-refractivity contribution in [3.05, 3.63) is 76.2 Å². The van der Waals surface area contributed by atoms with Gasteiger partial charge in [0.1, 0.15) is 11.4 Å². The number of ether oxygens (including phenoxy) is 1. The molecule has 5 nitrogen and oxygen atoms in total. The maximum Gasteiger partial charge on any atom is 0.268 e. The molecule has 0 radical (unpaired) electrons. The molecule has 1 aliphatic rings. The Balaban J connectivity index is 1.42. The summed E-state index contributed by atoms with van der Waals surface area (Å²) in [6.45, 7) is 0.371. The number of carbonyl (C=O) groups is 1. The standard InChI is InChI=1S/C23H24N2O3/c26-22-20-12-5-4-8-17(20)14-21(25-22)23(27)24-15-16-7-6-11-19(13-16)28-18-9-2-1-3-10-18/h4-8,11-14,18H,1-3,9-10,15H2,(H,24,27)(H,25,26). The highest BCUT2D eigenvalue weighted by Crippen LogP contribution is 2.24. The van der Waals surface area contributed by atoms with Gasteiger partial charge in [-0.1, -0.05) is 36.8 Å². The minimum Gasteiger partial charge on any atom is -0.490 e. The van der Waals surface area contributed by atoms with Crippen LogP contribution in [0.1, 0.15) is 48.2 Å². The SMILES string of the molecule is O=C(NCc1cccc(OC2CCCCC2)c1)c1cc2ccccc2c(=O)[nH]1. The van der Waals surface area contributed by atoms with Crippen molar-refractivity contribution >= 4 is 16.7 Å². The summed E-state index contributed by atoms with van der Waals surface area (Å²) in [7, 11) is 0. The van der Waals surface area contributed by atoms with E-state index in [4.69, 9.17) is 4.74 Å². The molecule has 28 heavy (non-hydrogen) atoms. The average Bonchev–Trinajstić information content (AvgIpc) is 2.73. The molecule has 0 spiro atoms. The van der Waals surface area contributed by atoms with Crippen LogP contribution in [0.2, 0.25) is 0 Å². The molecule has 0 aliphatic heterocycles. The number of hydrogen-bond donors (Lipinski definition) is 2. The zero-order chi connectivity index (χ0) is 19.3. The molecular formula is C23H24N2O3. The molecule has 5 heteroatoms. The largest absolute Gasteiger partial charge is 0.490 e. The minimum atomic E-state index is -0.304. The number of hydrogen-bond acceptors (Lipinski definition) is 3. The Bertz CT molecular complexity index is 1040.